The number of hydrogen-bond donors (Lipinski definition) is 2. The van der Waals surface area contributed by atoms with Crippen molar-refractivity contribution >= 4 is 15.7 Å². The molecule has 0 saturated heterocycles. The third-order valence-electron chi connectivity index (χ3n) is 2.99. The molecule has 2 N–H and O–H groups in total. The molecule has 1 aliphatic heterocycles. The number of carbonyl (C=O) groups is 1. The zero-order chi connectivity index (χ0) is 14.2. The fraction of sp³-hybridized carbons (Fsp3) is 0.333. The van der Waals surface area contributed by atoms with Crippen LogP contribution in [0, 0.1) is 13.8 Å². The maximum Gasteiger partial charge on any atom is 0.261 e. The van der Waals surface area contributed by atoms with Crippen molar-refractivity contribution in [3.05, 3.63) is 44.7 Å². The number of carbonyl (C=O) groups excluding carboxylic acids is 1. The molecule has 1 aromatic heterocycles. The second-order valence-electron chi connectivity index (χ2n) is 4.56. The van der Waals surface area contributed by atoms with Crippen LogP contribution >= 0.6 is 0 Å². The molecule has 2 heterocycles. The number of pyridine rings is 1. The van der Waals surface area contributed by atoms with Crippen LogP contribution in [0.5, 0.6) is 0 Å². The van der Waals surface area contributed by atoms with Crippen LogP contribution in [0.4, 0.5) is 0 Å². The predicted octanol–water partition coefficient (Wildman–Crippen LogP) is 0.0322. The monoisotopic (exact) mass is 282 g/mol. The number of nitrogens with one attached hydrogen (secondary N) is 2. The summed E-state index contributed by atoms with van der Waals surface area (Å²) in [6, 6.07) is 0.912. The van der Waals surface area contributed by atoms with Crippen LogP contribution in [-0.4, -0.2) is 31.1 Å². The van der Waals surface area contributed by atoms with Crippen molar-refractivity contribution in [2.75, 3.05) is 5.75 Å². The molecule has 0 saturated carbocycles. The van der Waals surface area contributed by atoms with Gasteiger partial charge in [0.15, 0.2) is 9.84 Å². The van der Waals surface area contributed by atoms with Gasteiger partial charge in [-0.1, -0.05) is 0 Å². The minimum atomic E-state index is -3.23. The highest BCUT2D eigenvalue weighted by atomic mass is 32.2. The van der Waals surface area contributed by atoms with Crippen molar-refractivity contribution in [2.45, 2.75) is 19.9 Å². The van der Waals surface area contributed by atoms with E-state index in [4.69, 9.17) is 0 Å². The Morgan fingerprint density at radius 1 is 1.42 bits per heavy atom. The summed E-state index contributed by atoms with van der Waals surface area (Å²) in [4.78, 5) is 26.2. The quantitative estimate of drug-likeness (QED) is 0.800. The van der Waals surface area contributed by atoms with Gasteiger partial charge in [0.25, 0.3) is 11.5 Å². The summed E-state index contributed by atoms with van der Waals surface area (Å²) in [6.07, 6.45) is 1.41. The Morgan fingerprint density at radius 2 is 2.11 bits per heavy atom. The molecular weight excluding hydrogens is 268 g/mol. The Labute approximate surface area is 110 Å². The second-order valence-corrected chi connectivity index (χ2v) is 6.49. The molecule has 2 rings (SSSR count). The molecule has 0 bridgehead atoms. The van der Waals surface area contributed by atoms with E-state index in [0.29, 0.717) is 5.69 Å². The highest BCUT2D eigenvalue weighted by Gasteiger charge is 2.24. The average Bonchev–Trinajstić information content (AvgIpc) is 2.63. The van der Waals surface area contributed by atoms with Crippen LogP contribution in [0.2, 0.25) is 0 Å². The van der Waals surface area contributed by atoms with E-state index in [-0.39, 0.29) is 11.3 Å². The van der Waals surface area contributed by atoms with Crippen molar-refractivity contribution in [1.82, 2.24) is 10.3 Å². The van der Waals surface area contributed by atoms with Crippen molar-refractivity contribution in [3.63, 3.8) is 0 Å². The zero-order valence-electron chi connectivity index (χ0n) is 10.6. The van der Waals surface area contributed by atoms with Crippen molar-refractivity contribution in [1.29, 1.82) is 0 Å². The minimum absolute atomic E-state index is 0.0132. The number of hydrogen-bond acceptors (Lipinski definition) is 4. The first-order valence-corrected chi connectivity index (χ1v) is 7.42. The first kappa shape index (κ1) is 13.5. The lowest BCUT2D eigenvalue weighted by Crippen LogP contribution is -2.38. The molecule has 0 fully saturated rings. The normalized spacial score (nSPS) is 20.4. The van der Waals surface area contributed by atoms with Crippen molar-refractivity contribution in [3.8, 4) is 0 Å². The maximum atomic E-state index is 11.9. The van der Waals surface area contributed by atoms with Gasteiger partial charge in [0.05, 0.1) is 11.8 Å². The van der Waals surface area contributed by atoms with E-state index in [1.807, 2.05) is 0 Å². The lowest BCUT2D eigenvalue weighted by Gasteiger charge is -2.10. The predicted molar refractivity (Wildman–Crippen MR) is 70.7 cm³/mol. The lowest BCUT2D eigenvalue weighted by atomic mass is 10.1. The first-order chi connectivity index (χ1) is 8.78. The molecule has 0 spiro atoms. The number of aryl methyl sites for hydroxylation is 2. The van der Waals surface area contributed by atoms with E-state index < -0.39 is 27.3 Å². The Hall–Kier alpha value is -1.89. The Bertz CT molecular complexity index is 716. The largest absolute Gasteiger partial charge is 0.345 e. The number of aromatic amines is 1. The van der Waals surface area contributed by atoms with Crippen molar-refractivity contribution in [2.24, 2.45) is 0 Å². The molecule has 1 amide bonds. The van der Waals surface area contributed by atoms with Gasteiger partial charge in [-0.2, -0.15) is 0 Å². The standard InChI is InChI=1S/C12H14N2O4S/c1-7-5-10(11(15)13-8(7)2)12(16)14-9-3-4-19(17,18)6-9/h3-5,9H,6H2,1-2H3,(H,13,15)(H,14,16). The first-order valence-electron chi connectivity index (χ1n) is 5.71. The summed E-state index contributed by atoms with van der Waals surface area (Å²) in [5, 5.41) is 3.59. The summed E-state index contributed by atoms with van der Waals surface area (Å²) in [6.45, 7) is 3.52. The van der Waals surface area contributed by atoms with Gasteiger partial charge in [0.2, 0.25) is 0 Å². The van der Waals surface area contributed by atoms with Gasteiger partial charge in [0, 0.05) is 11.1 Å². The molecule has 7 heteroatoms. The Balaban J connectivity index is 2.20. The zero-order valence-corrected chi connectivity index (χ0v) is 11.4. The number of sulfone groups is 1. The molecule has 102 valence electrons. The van der Waals surface area contributed by atoms with Gasteiger partial charge < -0.3 is 10.3 Å². The van der Waals surface area contributed by atoms with Crippen LogP contribution in [0.15, 0.2) is 22.3 Å². The molecule has 6 nitrogen and oxygen atoms in total. The molecule has 1 unspecified atom stereocenters. The average molecular weight is 282 g/mol. The number of rotatable bonds is 2. The highest BCUT2D eigenvalue weighted by Crippen LogP contribution is 2.09. The van der Waals surface area contributed by atoms with E-state index in [1.165, 1.54) is 12.1 Å². The van der Waals surface area contributed by atoms with Gasteiger partial charge in [-0.3, -0.25) is 9.59 Å². The summed E-state index contributed by atoms with van der Waals surface area (Å²) in [7, 11) is -3.23. The van der Waals surface area contributed by atoms with E-state index >= 15 is 0 Å². The van der Waals surface area contributed by atoms with E-state index in [2.05, 4.69) is 10.3 Å². The molecule has 1 aliphatic rings. The molecule has 1 atom stereocenters. The highest BCUT2D eigenvalue weighted by molar-refractivity contribution is 7.94. The van der Waals surface area contributed by atoms with E-state index in [9.17, 15) is 18.0 Å². The van der Waals surface area contributed by atoms with Crippen LogP contribution in [0.25, 0.3) is 0 Å². The van der Waals surface area contributed by atoms with Gasteiger partial charge in [-0.25, -0.2) is 8.42 Å². The topological polar surface area (TPSA) is 96.1 Å². The summed E-state index contributed by atoms with van der Waals surface area (Å²) < 4.78 is 22.4. The summed E-state index contributed by atoms with van der Waals surface area (Å²) in [5.41, 5.74) is 0.996. The molecule has 1 aromatic rings. The number of amides is 1. The third kappa shape index (κ3) is 2.93. The van der Waals surface area contributed by atoms with Gasteiger partial charge in [-0.15, -0.1) is 0 Å². The summed E-state index contributed by atoms with van der Waals surface area (Å²) in [5.74, 6) is -0.738. The second kappa shape index (κ2) is 4.65. The smallest absolute Gasteiger partial charge is 0.261 e. The fourth-order valence-corrected chi connectivity index (χ4v) is 3.04. The van der Waals surface area contributed by atoms with Crippen LogP contribution in [0.3, 0.4) is 0 Å². The molecular formula is C12H14N2O4S. The van der Waals surface area contributed by atoms with Gasteiger partial charge in [-0.05, 0) is 31.6 Å². The van der Waals surface area contributed by atoms with Crippen molar-refractivity contribution < 1.29 is 13.2 Å². The van der Waals surface area contributed by atoms with Gasteiger partial charge >= 0.3 is 0 Å². The van der Waals surface area contributed by atoms with Crippen LogP contribution in [0.1, 0.15) is 21.6 Å². The lowest BCUT2D eigenvalue weighted by molar-refractivity contribution is 0.0946. The van der Waals surface area contributed by atoms with Gasteiger partial charge in [0.1, 0.15) is 5.56 Å². The Morgan fingerprint density at radius 3 is 2.68 bits per heavy atom. The third-order valence-corrected chi connectivity index (χ3v) is 4.38. The van der Waals surface area contributed by atoms with E-state index in [0.717, 1.165) is 11.0 Å². The van der Waals surface area contributed by atoms with E-state index in [1.54, 1.807) is 13.8 Å². The minimum Gasteiger partial charge on any atom is -0.345 e. The van der Waals surface area contributed by atoms with Crippen LogP contribution in [-0.2, 0) is 9.84 Å². The number of aromatic nitrogens is 1. The SMILES string of the molecule is Cc1cc(C(=O)NC2C=CS(=O)(=O)C2)c(=O)[nH]c1C. The molecule has 19 heavy (non-hydrogen) atoms. The van der Waals surface area contributed by atoms with Crippen LogP contribution < -0.4 is 10.9 Å². The maximum absolute atomic E-state index is 11.9. The Kier molecular flexibility index (Phi) is 3.32. The molecule has 0 aliphatic carbocycles. The molecule has 0 radical (unpaired) electrons. The number of H-pyrrole nitrogens is 1. The molecule has 0 aromatic carbocycles. The fourth-order valence-electron chi connectivity index (χ4n) is 1.81. The summed E-state index contributed by atoms with van der Waals surface area (Å²) >= 11 is 0.